The molecule has 0 saturated carbocycles. The minimum atomic E-state index is -0.0272. The maximum Gasteiger partial charge on any atom is 0.224 e. The van der Waals surface area contributed by atoms with Crippen molar-refractivity contribution in [2.24, 2.45) is 5.92 Å². The Morgan fingerprint density at radius 1 is 1.38 bits per heavy atom. The maximum absolute atomic E-state index is 12.1. The van der Waals surface area contributed by atoms with Gasteiger partial charge in [0.15, 0.2) is 5.43 Å². The Morgan fingerprint density at radius 3 is 2.71 bits per heavy atom. The number of aromatic amines is 1. The highest BCUT2D eigenvalue weighted by atomic mass is 16.1. The summed E-state index contributed by atoms with van der Waals surface area (Å²) in [5.74, 6) is 0.0169. The molecule has 0 radical (unpaired) electrons. The molecule has 1 aliphatic heterocycles. The lowest BCUT2D eigenvalue weighted by Crippen LogP contribution is -2.36. The van der Waals surface area contributed by atoms with Crippen LogP contribution in [0.25, 0.3) is 0 Å². The van der Waals surface area contributed by atoms with Crippen LogP contribution in [-0.2, 0) is 11.3 Å². The van der Waals surface area contributed by atoms with E-state index in [1.807, 2.05) is 6.92 Å². The maximum atomic E-state index is 12.1. The number of hydrogen-bond donors (Lipinski definition) is 2. The largest absolute Gasteiger partial charge is 0.363 e. The predicted molar refractivity (Wildman–Crippen MR) is 83.2 cm³/mol. The van der Waals surface area contributed by atoms with Gasteiger partial charge in [-0.2, -0.15) is 0 Å². The summed E-state index contributed by atoms with van der Waals surface area (Å²) in [6.07, 6.45) is 4.17. The summed E-state index contributed by atoms with van der Waals surface area (Å²) in [5, 5.41) is 2.92. The number of rotatable bonds is 5. The van der Waals surface area contributed by atoms with E-state index >= 15 is 0 Å². The van der Waals surface area contributed by atoms with Crippen molar-refractivity contribution < 1.29 is 4.79 Å². The first-order valence-corrected chi connectivity index (χ1v) is 7.67. The number of H-pyrrole nitrogens is 1. The summed E-state index contributed by atoms with van der Waals surface area (Å²) in [5.41, 5.74) is 2.21. The van der Waals surface area contributed by atoms with E-state index in [0.29, 0.717) is 17.7 Å². The number of carbonyl (C=O) groups is 1. The number of likely N-dealkylation sites (tertiary alicyclic amines) is 1. The molecule has 1 amide bonds. The molecule has 0 spiro atoms. The number of pyridine rings is 1. The van der Waals surface area contributed by atoms with Crippen molar-refractivity contribution in [3.63, 3.8) is 0 Å². The Labute approximate surface area is 125 Å². The van der Waals surface area contributed by atoms with Gasteiger partial charge in [0.05, 0.1) is 6.54 Å². The molecular weight excluding hydrogens is 266 g/mol. The summed E-state index contributed by atoms with van der Waals surface area (Å²) in [4.78, 5) is 29.4. The van der Waals surface area contributed by atoms with E-state index in [0.717, 1.165) is 25.3 Å². The van der Waals surface area contributed by atoms with E-state index in [2.05, 4.69) is 15.2 Å². The van der Waals surface area contributed by atoms with Gasteiger partial charge >= 0.3 is 0 Å². The molecule has 2 heterocycles. The van der Waals surface area contributed by atoms with Crippen LogP contribution in [0.4, 0.5) is 0 Å². The van der Waals surface area contributed by atoms with E-state index in [1.165, 1.54) is 12.8 Å². The molecule has 0 bridgehead atoms. The molecule has 5 nitrogen and oxygen atoms in total. The van der Waals surface area contributed by atoms with Crippen LogP contribution >= 0.6 is 0 Å². The van der Waals surface area contributed by atoms with Crippen molar-refractivity contribution in [1.82, 2.24) is 15.2 Å². The monoisotopic (exact) mass is 291 g/mol. The number of aromatic nitrogens is 1. The molecule has 5 heteroatoms. The van der Waals surface area contributed by atoms with Crippen LogP contribution in [0.3, 0.4) is 0 Å². The molecule has 2 rings (SSSR count). The lowest BCUT2D eigenvalue weighted by atomic mass is 10.1. The lowest BCUT2D eigenvalue weighted by molar-refractivity contribution is -0.125. The number of carbonyl (C=O) groups excluding carboxylic acids is 1. The standard InChI is InChI=1S/C16H25N3O2/c1-11-8-17-14(13(3)15(11)20)9-18-16(21)12(2)10-19-6-4-5-7-19/h8,12H,4-7,9-10H2,1-3H3,(H,17,20)(H,18,21)/t12-/m0/s1. The summed E-state index contributed by atoms with van der Waals surface area (Å²) in [6, 6.07) is 0. The second-order valence-corrected chi connectivity index (χ2v) is 6.03. The van der Waals surface area contributed by atoms with Crippen LogP contribution in [0.1, 0.15) is 36.6 Å². The predicted octanol–water partition coefficient (Wildman–Crippen LogP) is 1.34. The fourth-order valence-corrected chi connectivity index (χ4v) is 2.77. The first-order valence-electron chi connectivity index (χ1n) is 7.67. The zero-order valence-corrected chi connectivity index (χ0v) is 13.2. The van der Waals surface area contributed by atoms with E-state index in [9.17, 15) is 9.59 Å². The van der Waals surface area contributed by atoms with Crippen molar-refractivity contribution in [1.29, 1.82) is 0 Å². The van der Waals surface area contributed by atoms with Crippen LogP contribution in [0.5, 0.6) is 0 Å². The van der Waals surface area contributed by atoms with Gasteiger partial charge in [0, 0.05) is 35.5 Å². The van der Waals surface area contributed by atoms with Crippen molar-refractivity contribution in [2.75, 3.05) is 19.6 Å². The second-order valence-electron chi connectivity index (χ2n) is 6.03. The average Bonchev–Trinajstić information content (AvgIpc) is 2.96. The van der Waals surface area contributed by atoms with Gasteiger partial charge in [-0.15, -0.1) is 0 Å². The molecule has 0 unspecified atom stereocenters. The quantitative estimate of drug-likeness (QED) is 0.860. The molecular formula is C16H25N3O2. The third kappa shape index (κ3) is 3.94. The van der Waals surface area contributed by atoms with Gasteiger partial charge in [-0.3, -0.25) is 9.59 Å². The summed E-state index contributed by atoms with van der Waals surface area (Å²) in [7, 11) is 0. The van der Waals surface area contributed by atoms with Crippen LogP contribution in [0, 0.1) is 19.8 Å². The Bertz CT molecular complexity index is 559. The Balaban J connectivity index is 1.88. The fraction of sp³-hybridized carbons (Fsp3) is 0.625. The number of nitrogens with one attached hydrogen (secondary N) is 2. The minimum Gasteiger partial charge on any atom is -0.363 e. The zero-order valence-electron chi connectivity index (χ0n) is 13.2. The molecule has 0 aliphatic carbocycles. The van der Waals surface area contributed by atoms with Gasteiger partial charge in [0.25, 0.3) is 0 Å². The van der Waals surface area contributed by atoms with Crippen LogP contribution in [0.2, 0.25) is 0 Å². The smallest absolute Gasteiger partial charge is 0.224 e. The number of aryl methyl sites for hydroxylation is 1. The summed E-state index contributed by atoms with van der Waals surface area (Å²) < 4.78 is 0. The average molecular weight is 291 g/mol. The highest BCUT2D eigenvalue weighted by molar-refractivity contribution is 5.78. The van der Waals surface area contributed by atoms with Gasteiger partial charge < -0.3 is 15.2 Å². The van der Waals surface area contributed by atoms with Crippen molar-refractivity contribution in [3.8, 4) is 0 Å². The Morgan fingerprint density at radius 2 is 2.05 bits per heavy atom. The Hall–Kier alpha value is -1.62. The highest BCUT2D eigenvalue weighted by Gasteiger charge is 2.19. The van der Waals surface area contributed by atoms with Gasteiger partial charge in [0.2, 0.25) is 5.91 Å². The van der Waals surface area contributed by atoms with Crippen molar-refractivity contribution >= 4 is 5.91 Å². The van der Waals surface area contributed by atoms with Gasteiger partial charge in [-0.1, -0.05) is 6.92 Å². The van der Waals surface area contributed by atoms with Gasteiger partial charge in [-0.25, -0.2) is 0 Å². The van der Waals surface area contributed by atoms with E-state index in [1.54, 1.807) is 20.0 Å². The molecule has 2 N–H and O–H groups in total. The minimum absolute atomic E-state index is 0.0272. The van der Waals surface area contributed by atoms with Crippen LogP contribution in [-0.4, -0.2) is 35.4 Å². The van der Waals surface area contributed by atoms with Gasteiger partial charge in [0.1, 0.15) is 0 Å². The molecule has 0 aromatic carbocycles. The molecule has 1 aromatic heterocycles. The van der Waals surface area contributed by atoms with Crippen LogP contribution < -0.4 is 10.7 Å². The summed E-state index contributed by atoms with van der Waals surface area (Å²) >= 11 is 0. The summed E-state index contributed by atoms with van der Waals surface area (Å²) in [6.45, 7) is 8.93. The molecule has 1 atom stereocenters. The molecule has 1 aliphatic rings. The number of hydrogen-bond acceptors (Lipinski definition) is 3. The first-order chi connectivity index (χ1) is 9.99. The number of nitrogens with zero attached hydrogens (tertiary/aromatic N) is 1. The van der Waals surface area contributed by atoms with Crippen molar-refractivity contribution in [3.05, 3.63) is 33.2 Å². The number of amides is 1. The third-order valence-corrected chi connectivity index (χ3v) is 4.23. The van der Waals surface area contributed by atoms with E-state index in [-0.39, 0.29) is 17.3 Å². The van der Waals surface area contributed by atoms with Gasteiger partial charge in [-0.05, 0) is 39.8 Å². The topological polar surface area (TPSA) is 65.2 Å². The molecule has 116 valence electrons. The first kappa shape index (κ1) is 15.8. The molecule has 21 heavy (non-hydrogen) atoms. The third-order valence-electron chi connectivity index (χ3n) is 4.23. The van der Waals surface area contributed by atoms with Crippen LogP contribution in [0.15, 0.2) is 11.0 Å². The normalized spacial score (nSPS) is 16.9. The SMILES string of the molecule is Cc1c[nH]c(CNC(=O)[C@@H](C)CN2CCCC2)c(C)c1=O. The Kier molecular flexibility index (Phi) is 5.17. The van der Waals surface area contributed by atoms with Crippen molar-refractivity contribution in [2.45, 2.75) is 40.2 Å². The fourth-order valence-electron chi connectivity index (χ4n) is 2.77. The zero-order chi connectivity index (χ0) is 15.4. The molecule has 1 aromatic rings. The lowest BCUT2D eigenvalue weighted by Gasteiger charge is -2.19. The van der Waals surface area contributed by atoms with E-state index in [4.69, 9.17) is 0 Å². The highest BCUT2D eigenvalue weighted by Crippen LogP contribution is 2.10. The molecule has 1 fully saturated rings. The van der Waals surface area contributed by atoms with E-state index < -0.39 is 0 Å². The molecule has 1 saturated heterocycles. The second kappa shape index (κ2) is 6.89.